The van der Waals surface area contributed by atoms with Gasteiger partial charge in [0.05, 0.1) is 12.4 Å². The van der Waals surface area contributed by atoms with Crippen molar-refractivity contribution in [2.45, 2.75) is 38.4 Å². The Hall–Kier alpha value is -1.60. The zero-order valence-electron chi connectivity index (χ0n) is 13.6. The number of carbonyl (C=O) groups is 1. The van der Waals surface area contributed by atoms with Crippen molar-refractivity contribution in [3.05, 3.63) is 29.0 Å². The highest BCUT2D eigenvalue weighted by Gasteiger charge is 2.17. The van der Waals surface area contributed by atoms with Gasteiger partial charge in [0, 0.05) is 22.4 Å². The van der Waals surface area contributed by atoms with Gasteiger partial charge in [-0.25, -0.2) is 0 Å². The molecule has 5 nitrogen and oxygen atoms in total. The molecule has 2 rings (SSSR count). The first-order valence-electron chi connectivity index (χ1n) is 7.48. The highest BCUT2D eigenvalue weighted by atomic mass is 32.2. The largest absolute Gasteiger partial charge is 0.465 e. The minimum Gasteiger partial charge on any atom is -0.465 e. The minimum absolute atomic E-state index is 0.226. The fourth-order valence-electron chi connectivity index (χ4n) is 2.00. The quantitative estimate of drug-likeness (QED) is 0.409. The number of ether oxygens (including phenoxy) is 1. The molecule has 0 atom stereocenters. The molecule has 0 aliphatic heterocycles. The van der Waals surface area contributed by atoms with Crippen LogP contribution in [0.1, 0.15) is 31.6 Å². The summed E-state index contributed by atoms with van der Waals surface area (Å²) in [6.07, 6.45) is 1.80. The molecule has 7 heteroatoms. The highest BCUT2D eigenvalue weighted by Crippen LogP contribution is 2.31. The van der Waals surface area contributed by atoms with Gasteiger partial charge in [-0.3, -0.25) is 9.36 Å². The number of allylic oxidation sites excluding steroid dienone is 1. The van der Waals surface area contributed by atoms with E-state index in [4.69, 9.17) is 4.74 Å². The molecule has 0 aliphatic carbocycles. The standard InChI is InChI=1S/C16H21N3O2S2/c1-5-7-19-15(12-8-13(11(3)4)22-9-12)17-18-16(19)23-10-14(20)21-6-2/h5,8-9,11H,1,6-7,10H2,2-4H3. The number of aromatic nitrogens is 3. The van der Waals surface area contributed by atoms with Crippen LogP contribution in [0.15, 0.2) is 29.3 Å². The van der Waals surface area contributed by atoms with Crippen molar-refractivity contribution in [2.75, 3.05) is 12.4 Å². The lowest BCUT2D eigenvalue weighted by Gasteiger charge is -2.06. The molecule has 124 valence electrons. The summed E-state index contributed by atoms with van der Waals surface area (Å²) in [6.45, 7) is 10.9. The summed E-state index contributed by atoms with van der Waals surface area (Å²) in [6, 6.07) is 2.15. The van der Waals surface area contributed by atoms with E-state index in [1.807, 2.05) is 4.57 Å². The van der Waals surface area contributed by atoms with Crippen molar-refractivity contribution in [1.82, 2.24) is 14.8 Å². The van der Waals surface area contributed by atoms with Gasteiger partial charge in [-0.15, -0.1) is 28.1 Å². The predicted octanol–water partition coefficient (Wildman–Crippen LogP) is 3.97. The molecule has 0 radical (unpaired) electrons. The Balaban J connectivity index is 2.23. The van der Waals surface area contributed by atoms with Crippen LogP contribution in [0.25, 0.3) is 11.4 Å². The molecule has 0 N–H and O–H groups in total. The molecule has 0 amide bonds. The lowest BCUT2D eigenvalue weighted by Crippen LogP contribution is -2.08. The van der Waals surface area contributed by atoms with Crippen molar-refractivity contribution in [1.29, 1.82) is 0 Å². The number of thioether (sulfide) groups is 1. The van der Waals surface area contributed by atoms with E-state index in [9.17, 15) is 4.79 Å². The predicted molar refractivity (Wildman–Crippen MR) is 95.0 cm³/mol. The first kappa shape index (κ1) is 17.7. The summed E-state index contributed by atoms with van der Waals surface area (Å²) < 4.78 is 6.92. The second kappa shape index (κ2) is 8.31. The average Bonchev–Trinajstić information content (AvgIpc) is 3.13. The molecule has 0 aliphatic rings. The Morgan fingerprint density at radius 2 is 2.30 bits per heavy atom. The van der Waals surface area contributed by atoms with Crippen molar-refractivity contribution >= 4 is 29.1 Å². The van der Waals surface area contributed by atoms with Crippen LogP contribution in [0.4, 0.5) is 0 Å². The van der Waals surface area contributed by atoms with Gasteiger partial charge in [0.15, 0.2) is 11.0 Å². The van der Waals surface area contributed by atoms with Gasteiger partial charge in [-0.1, -0.05) is 31.7 Å². The second-order valence-electron chi connectivity index (χ2n) is 5.19. The van der Waals surface area contributed by atoms with Gasteiger partial charge in [0.2, 0.25) is 0 Å². The van der Waals surface area contributed by atoms with Gasteiger partial charge >= 0.3 is 5.97 Å². The lowest BCUT2D eigenvalue weighted by molar-refractivity contribution is -0.139. The third kappa shape index (κ3) is 4.45. The van der Waals surface area contributed by atoms with Gasteiger partial charge in [-0.2, -0.15) is 0 Å². The number of hydrogen-bond donors (Lipinski definition) is 0. The van der Waals surface area contributed by atoms with Crippen LogP contribution >= 0.6 is 23.1 Å². The van der Waals surface area contributed by atoms with Gasteiger partial charge in [0.25, 0.3) is 0 Å². The molecular formula is C16H21N3O2S2. The Bertz CT molecular complexity index is 677. The number of hydrogen-bond acceptors (Lipinski definition) is 6. The number of rotatable bonds is 8. The maximum Gasteiger partial charge on any atom is 0.316 e. The summed E-state index contributed by atoms with van der Waals surface area (Å²) in [4.78, 5) is 12.8. The van der Waals surface area contributed by atoms with E-state index in [1.54, 1.807) is 24.3 Å². The molecule has 0 bridgehead atoms. The van der Waals surface area contributed by atoms with Gasteiger partial charge in [0.1, 0.15) is 0 Å². The van der Waals surface area contributed by atoms with Crippen molar-refractivity contribution < 1.29 is 9.53 Å². The maximum absolute atomic E-state index is 11.5. The van der Waals surface area contributed by atoms with Crippen LogP contribution < -0.4 is 0 Å². The van der Waals surface area contributed by atoms with Crippen molar-refractivity contribution in [2.24, 2.45) is 0 Å². The van der Waals surface area contributed by atoms with Gasteiger partial charge in [-0.05, 0) is 18.9 Å². The molecule has 0 unspecified atom stereocenters. The molecule has 0 saturated heterocycles. The molecule has 0 fully saturated rings. The molecule has 2 heterocycles. The first-order chi connectivity index (χ1) is 11.1. The topological polar surface area (TPSA) is 57.0 Å². The van der Waals surface area contributed by atoms with Gasteiger partial charge < -0.3 is 4.74 Å². The van der Waals surface area contributed by atoms with E-state index in [-0.39, 0.29) is 11.7 Å². The Kier molecular flexibility index (Phi) is 6.41. The molecule has 0 saturated carbocycles. The molecule has 2 aromatic rings. The van der Waals surface area contributed by atoms with E-state index >= 15 is 0 Å². The number of carbonyl (C=O) groups excluding carboxylic acids is 1. The molecule has 23 heavy (non-hydrogen) atoms. The van der Waals surface area contributed by atoms with Crippen LogP contribution in [0.5, 0.6) is 0 Å². The minimum atomic E-state index is -0.246. The Morgan fingerprint density at radius 3 is 2.91 bits per heavy atom. The van der Waals surface area contributed by atoms with Crippen LogP contribution in [0.3, 0.4) is 0 Å². The van der Waals surface area contributed by atoms with E-state index in [0.717, 1.165) is 11.4 Å². The smallest absolute Gasteiger partial charge is 0.316 e. The number of thiophene rings is 1. The number of esters is 1. The highest BCUT2D eigenvalue weighted by molar-refractivity contribution is 7.99. The number of nitrogens with zero attached hydrogens (tertiary/aromatic N) is 3. The summed E-state index contributed by atoms with van der Waals surface area (Å²) in [5.74, 6) is 1.27. The Morgan fingerprint density at radius 1 is 1.52 bits per heavy atom. The Labute approximate surface area is 144 Å². The molecular weight excluding hydrogens is 330 g/mol. The van der Waals surface area contributed by atoms with Crippen molar-refractivity contribution in [3.8, 4) is 11.4 Å². The molecule has 2 aromatic heterocycles. The fraction of sp³-hybridized carbons (Fsp3) is 0.438. The SMILES string of the molecule is C=CCn1c(SCC(=O)OCC)nnc1-c1csc(C(C)C)c1. The third-order valence-electron chi connectivity index (χ3n) is 3.10. The lowest BCUT2D eigenvalue weighted by atomic mass is 10.1. The summed E-state index contributed by atoms with van der Waals surface area (Å²) in [7, 11) is 0. The third-order valence-corrected chi connectivity index (χ3v) is 5.27. The summed E-state index contributed by atoms with van der Waals surface area (Å²) >= 11 is 3.06. The van der Waals surface area contributed by atoms with Crippen LogP contribution in [0.2, 0.25) is 0 Å². The molecule has 0 spiro atoms. The second-order valence-corrected chi connectivity index (χ2v) is 7.08. The van der Waals surface area contributed by atoms with E-state index in [1.165, 1.54) is 16.6 Å². The van der Waals surface area contributed by atoms with Crippen LogP contribution in [-0.4, -0.2) is 33.1 Å². The van der Waals surface area contributed by atoms with Crippen LogP contribution in [0, 0.1) is 0 Å². The fourth-order valence-corrected chi connectivity index (χ4v) is 3.65. The van der Waals surface area contributed by atoms with E-state index in [2.05, 4.69) is 42.1 Å². The zero-order chi connectivity index (χ0) is 16.8. The summed E-state index contributed by atoms with van der Waals surface area (Å²) in [5, 5.41) is 11.3. The average molecular weight is 351 g/mol. The van der Waals surface area contributed by atoms with Crippen LogP contribution in [-0.2, 0) is 16.1 Å². The normalized spacial score (nSPS) is 11.0. The van der Waals surface area contributed by atoms with Crippen molar-refractivity contribution in [3.63, 3.8) is 0 Å². The first-order valence-corrected chi connectivity index (χ1v) is 9.34. The summed E-state index contributed by atoms with van der Waals surface area (Å²) in [5.41, 5.74) is 1.05. The van der Waals surface area contributed by atoms with E-state index in [0.29, 0.717) is 24.2 Å². The monoisotopic (exact) mass is 351 g/mol. The maximum atomic E-state index is 11.5. The molecule has 0 aromatic carbocycles. The van der Waals surface area contributed by atoms with E-state index < -0.39 is 0 Å². The zero-order valence-corrected chi connectivity index (χ0v) is 15.2.